The molecule has 19 heavy (non-hydrogen) atoms. The van der Waals surface area contributed by atoms with Crippen molar-refractivity contribution in [1.29, 1.82) is 0 Å². The molecule has 1 aliphatic rings. The van der Waals surface area contributed by atoms with Gasteiger partial charge in [-0.25, -0.2) is 0 Å². The molecule has 1 heterocycles. The lowest BCUT2D eigenvalue weighted by atomic mass is 10.1. The van der Waals surface area contributed by atoms with Gasteiger partial charge in [-0.3, -0.25) is 14.9 Å². The Labute approximate surface area is 114 Å². The van der Waals surface area contributed by atoms with Crippen LogP contribution in [0.1, 0.15) is 26.7 Å². The molecule has 110 valence electrons. The van der Waals surface area contributed by atoms with Crippen LogP contribution in [0, 0.1) is 0 Å². The zero-order valence-electron chi connectivity index (χ0n) is 11.9. The highest BCUT2D eigenvalue weighted by Crippen LogP contribution is 2.05. The number of amides is 2. The van der Waals surface area contributed by atoms with Gasteiger partial charge in [-0.15, -0.1) is 0 Å². The van der Waals surface area contributed by atoms with Crippen LogP contribution in [0.3, 0.4) is 0 Å². The van der Waals surface area contributed by atoms with E-state index in [2.05, 4.69) is 10.6 Å². The summed E-state index contributed by atoms with van der Waals surface area (Å²) in [6.45, 7) is 7.10. The molecule has 0 unspecified atom stereocenters. The Morgan fingerprint density at radius 3 is 2.37 bits per heavy atom. The molecule has 0 aromatic heterocycles. The van der Waals surface area contributed by atoms with Gasteiger partial charge < -0.3 is 15.0 Å². The molecule has 1 fully saturated rings. The second-order valence-electron chi connectivity index (χ2n) is 4.62. The average molecular weight is 271 g/mol. The second-order valence-corrected chi connectivity index (χ2v) is 4.62. The van der Waals surface area contributed by atoms with Gasteiger partial charge in [-0.2, -0.15) is 0 Å². The maximum atomic E-state index is 11.7. The van der Waals surface area contributed by atoms with E-state index in [9.17, 15) is 9.59 Å². The molecule has 0 spiro atoms. The SMILES string of the molecule is CCN(CC)C(=O)CNCC(=O)NC1CCOCC1. The maximum absolute atomic E-state index is 11.7. The number of ether oxygens (including phenoxy) is 1. The third-order valence-corrected chi connectivity index (χ3v) is 3.26. The van der Waals surface area contributed by atoms with E-state index < -0.39 is 0 Å². The monoisotopic (exact) mass is 271 g/mol. The number of carbonyl (C=O) groups is 2. The van der Waals surface area contributed by atoms with E-state index in [1.165, 1.54) is 0 Å². The number of likely N-dealkylation sites (N-methyl/N-ethyl adjacent to an activating group) is 1. The summed E-state index contributed by atoms with van der Waals surface area (Å²) in [6.07, 6.45) is 1.73. The molecule has 2 amide bonds. The van der Waals surface area contributed by atoms with Crippen molar-refractivity contribution in [2.24, 2.45) is 0 Å². The van der Waals surface area contributed by atoms with Crippen LogP contribution >= 0.6 is 0 Å². The van der Waals surface area contributed by atoms with E-state index in [4.69, 9.17) is 4.74 Å². The highest BCUT2D eigenvalue weighted by Gasteiger charge is 2.16. The molecule has 1 aliphatic heterocycles. The number of hydrogen-bond donors (Lipinski definition) is 2. The molecule has 0 bridgehead atoms. The van der Waals surface area contributed by atoms with Gasteiger partial charge in [0.25, 0.3) is 0 Å². The molecule has 6 heteroatoms. The lowest BCUT2D eigenvalue weighted by Crippen LogP contribution is -2.45. The van der Waals surface area contributed by atoms with Gasteiger partial charge >= 0.3 is 0 Å². The average Bonchev–Trinajstić information content (AvgIpc) is 2.41. The molecule has 1 rings (SSSR count). The Kier molecular flexibility index (Phi) is 7.43. The summed E-state index contributed by atoms with van der Waals surface area (Å²) in [7, 11) is 0. The fraction of sp³-hybridized carbons (Fsp3) is 0.846. The zero-order chi connectivity index (χ0) is 14.1. The predicted octanol–water partition coefficient (Wildman–Crippen LogP) is -0.260. The minimum Gasteiger partial charge on any atom is -0.381 e. The minimum absolute atomic E-state index is 0.0314. The van der Waals surface area contributed by atoms with Gasteiger partial charge in [0.2, 0.25) is 11.8 Å². The lowest BCUT2D eigenvalue weighted by Gasteiger charge is -2.23. The van der Waals surface area contributed by atoms with Gasteiger partial charge in [0.15, 0.2) is 0 Å². The first-order valence-corrected chi connectivity index (χ1v) is 7.03. The third-order valence-electron chi connectivity index (χ3n) is 3.26. The van der Waals surface area contributed by atoms with Crippen molar-refractivity contribution in [3.05, 3.63) is 0 Å². The smallest absolute Gasteiger partial charge is 0.236 e. The number of hydrogen-bond acceptors (Lipinski definition) is 4. The molecular weight excluding hydrogens is 246 g/mol. The summed E-state index contributed by atoms with van der Waals surface area (Å²) in [4.78, 5) is 25.1. The standard InChI is InChI=1S/C13H25N3O3/c1-3-16(4-2)13(18)10-14-9-12(17)15-11-5-7-19-8-6-11/h11,14H,3-10H2,1-2H3,(H,15,17). The molecule has 0 radical (unpaired) electrons. The zero-order valence-corrected chi connectivity index (χ0v) is 11.9. The van der Waals surface area contributed by atoms with Crippen molar-refractivity contribution in [2.45, 2.75) is 32.7 Å². The third kappa shape index (κ3) is 6.02. The van der Waals surface area contributed by atoms with E-state index in [1.54, 1.807) is 4.90 Å². The molecular formula is C13H25N3O3. The first-order valence-electron chi connectivity index (χ1n) is 7.03. The first kappa shape index (κ1) is 15.9. The number of nitrogens with zero attached hydrogens (tertiary/aromatic N) is 1. The van der Waals surface area contributed by atoms with Crippen LogP contribution in [0.5, 0.6) is 0 Å². The van der Waals surface area contributed by atoms with Crippen LogP contribution in [0.2, 0.25) is 0 Å². The summed E-state index contributed by atoms with van der Waals surface area (Å²) >= 11 is 0. The minimum atomic E-state index is -0.0563. The van der Waals surface area contributed by atoms with E-state index in [0.717, 1.165) is 12.8 Å². The summed E-state index contributed by atoms with van der Waals surface area (Å²) in [6, 6.07) is 0.210. The second kappa shape index (κ2) is 8.87. The Balaban J connectivity index is 2.14. The van der Waals surface area contributed by atoms with Crippen LogP contribution in [0.4, 0.5) is 0 Å². The van der Waals surface area contributed by atoms with Crippen molar-refractivity contribution in [1.82, 2.24) is 15.5 Å². The van der Waals surface area contributed by atoms with Gasteiger partial charge in [-0.05, 0) is 26.7 Å². The summed E-state index contributed by atoms with van der Waals surface area (Å²) in [5.74, 6) is -0.0249. The largest absolute Gasteiger partial charge is 0.381 e. The molecule has 1 saturated heterocycles. The van der Waals surface area contributed by atoms with E-state index in [-0.39, 0.29) is 30.9 Å². The highest BCUT2D eigenvalue weighted by molar-refractivity contribution is 5.81. The molecule has 0 atom stereocenters. The topological polar surface area (TPSA) is 70.7 Å². The van der Waals surface area contributed by atoms with Gasteiger partial charge in [0.1, 0.15) is 0 Å². The van der Waals surface area contributed by atoms with E-state index >= 15 is 0 Å². The number of nitrogens with one attached hydrogen (secondary N) is 2. The Bertz CT molecular complexity index is 287. The van der Waals surface area contributed by atoms with Crippen LogP contribution in [0.15, 0.2) is 0 Å². The van der Waals surface area contributed by atoms with Crippen LogP contribution < -0.4 is 10.6 Å². The van der Waals surface area contributed by atoms with Crippen LogP contribution in [-0.2, 0) is 14.3 Å². The van der Waals surface area contributed by atoms with Gasteiger partial charge in [0.05, 0.1) is 13.1 Å². The molecule has 0 aromatic carbocycles. The van der Waals surface area contributed by atoms with Crippen LogP contribution in [0.25, 0.3) is 0 Å². The van der Waals surface area contributed by atoms with Crippen molar-refractivity contribution in [3.8, 4) is 0 Å². The Morgan fingerprint density at radius 2 is 1.79 bits per heavy atom. The molecule has 0 aliphatic carbocycles. The van der Waals surface area contributed by atoms with Gasteiger partial charge in [0, 0.05) is 32.3 Å². The normalized spacial score (nSPS) is 16.1. The highest BCUT2D eigenvalue weighted by atomic mass is 16.5. The van der Waals surface area contributed by atoms with Crippen molar-refractivity contribution < 1.29 is 14.3 Å². The molecule has 0 saturated carbocycles. The first-order chi connectivity index (χ1) is 9.17. The molecule has 2 N–H and O–H groups in total. The lowest BCUT2D eigenvalue weighted by molar-refractivity contribution is -0.129. The maximum Gasteiger partial charge on any atom is 0.236 e. The fourth-order valence-electron chi connectivity index (χ4n) is 2.09. The molecule has 6 nitrogen and oxygen atoms in total. The van der Waals surface area contributed by atoms with Gasteiger partial charge in [-0.1, -0.05) is 0 Å². The Hall–Kier alpha value is -1.14. The Morgan fingerprint density at radius 1 is 1.16 bits per heavy atom. The van der Waals surface area contributed by atoms with E-state index in [1.807, 2.05) is 13.8 Å². The number of carbonyl (C=O) groups excluding carboxylic acids is 2. The van der Waals surface area contributed by atoms with Crippen molar-refractivity contribution in [2.75, 3.05) is 39.4 Å². The number of rotatable bonds is 7. The van der Waals surface area contributed by atoms with E-state index in [0.29, 0.717) is 26.3 Å². The summed E-state index contributed by atoms with van der Waals surface area (Å²) < 4.78 is 5.23. The summed E-state index contributed by atoms with van der Waals surface area (Å²) in [5.41, 5.74) is 0. The summed E-state index contributed by atoms with van der Waals surface area (Å²) in [5, 5.41) is 5.83. The quantitative estimate of drug-likeness (QED) is 0.669. The van der Waals surface area contributed by atoms with Crippen LogP contribution in [-0.4, -0.2) is 62.1 Å². The van der Waals surface area contributed by atoms with Crippen molar-refractivity contribution in [3.63, 3.8) is 0 Å². The molecule has 0 aromatic rings. The van der Waals surface area contributed by atoms with Crippen molar-refractivity contribution >= 4 is 11.8 Å². The fourth-order valence-corrected chi connectivity index (χ4v) is 2.09. The predicted molar refractivity (Wildman–Crippen MR) is 72.8 cm³/mol.